The Bertz CT molecular complexity index is 1140. The molecule has 1 aromatic heterocycles. The van der Waals surface area contributed by atoms with Crippen molar-refractivity contribution in [3.05, 3.63) is 71.4 Å². The normalized spacial score (nSPS) is 18.2. The van der Waals surface area contributed by atoms with Crippen molar-refractivity contribution in [1.29, 1.82) is 0 Å². The van der Waals surface area contributed by atoms with Gasteiger partial charge in [-0.2, -0.15) is 0 Å². The third-order valence-corrected chi connectivity index (χ3v) is 8.50. The van der Waals surface area contributed by atoms with Gasteiger partial charge in [-0.05, 0) is 68.2 Å². The highest BCUT2D eigenvalue weighted by Gasteiger charge is 2.28. The molecule has 3 aromatic rings. The van der Waals surface area contributed by atoms with Crippen molar-refractivity contribution in [3.8, 4) is 0 Å². The first-order chi connectivity index (χ1) is 17.1. The number of aryl methyl sites for hydroxylation is 1. The number of nitrogens with zero attached hydrogens (tertiary/aromatic N) is 2. The molecule has 5 heteroatoms. The van der Waals surface area contributed by atoms with Crippen LogP contribution >= 0.6 is 12.4 Å². The summed E-state index contributed by atoms with van der Waals surface area (Å²) in [7, 11) is 0. The van der Waals surface area contributed by atoms with Crippen molar-refractivity contribution in [2.45, 2.75) is 70.8 Å². The van der Waals surface area contributed by atoms with Crippen molar-refractivity contribution in [2.24, 2.45) is 17.6 Å². The van der Waals surface area contributed by atoms with Crippen LogP contribution < -0.4 is 5.73 Å². The Morgan fingerprint density at radius 2 is 1.72 bits per heavy atom. The number of carbonyl (C=O) groups is 1. The predicted molar refractivity (Wildman–Crippen MR) is 152 cm³/mol. The van der Waals surface area contributed by atoms with Gasteiger partial charge >= 0.3 is 0 Å². The van der Waals surface area contributed by atoms with E-state index in [4.69, 9.17) is 5.73 Å². The second kappa shape index (κ2) is 12.3. The molecule has 2 aliphatic rings. The van der Waals surface area contributed by atoms with Gasteiger partial charge in [0, 0.05) is 49.1 Å². The summed E-state index contributed by atoms with van der Waals surface area (Å²) in [6.45, 7) is 5.64. The summed E-state index contributed by atoms with van der Waals surface area (Å²) in [5, 5.41) is 1.30. The van der Waals surface area contributed by atoms with Crippen molar-refractivity contribution < 1.29 is 4.79 Å². The highest BCUT2D eigenvalue weighted by atomic mass is 35.5. The lowest BCUT2D eigenvalue weighted by Crippen LogP contribution is -2.40. The monoisotopic (exact) mass is 507 g/mol. The van der Waals surface area contributed by atoms with Gasteiger partial charge in [0.2, 0.25) is 5.91 Å². The molecule has 194 valence electrons. The third kappa shape index (κ3) is 5.98. The first-order valence-corrected chi connectivity index (χ1v) is 13.7. The Morgan fingerprint density at radius 1 is 0.972 bits per heavy atom. The quantitative estimate of drug-likeness (QED) is 0.388. The Labute approximate surface area is 222 Å². The fourth-order valence-electron chi connectivity index (χ4n) is 6.37. The highest BCUT2D eigenvalue weighted by Crippen LogP contribution is 2.37. The minimum atomic E-state index is 0. The fourth-order valence-corrected chi connectivity index (χ4v) is 6.37. The van der Waals surface area contributed by atoms with E-state index in [0.717, 1.165) is 44.9 Å². The SMILES string of the molecule is Cc1cccc(C(CC(=O)N2CCC(CN)CC2)c2cn(CC3CCCCC3)c3ccccc23)c1.Cl. The smallest absolute Gasteiger partial charge is 0.223 e. The summed E-state index contributed by atoms with van der Waals surface area (Å²) >= 11 is 0. The molecule has 1 saturated heterocycles. The Kier molecular flexibility index (Phi) is 9.14. The fraction of sp³-hybridized carbons (Fsp3) is 0.516. The van der Waals surface area contributed by atoms with Gasteiger partial charge in [0.05, 0.1) is 0 Å². The molecule has 0 bridgehead atoms. The van der Waals surface area contributed by atoms with Gasteiger partial charge in [-0.15, -0.1) is 12.4 Å². The summed E-state index contributed by atoms with van der Waals surface area (Å²) < 4.78 is 2.49. The molecular weight excluding hydrogens is 466 g/mol. The number of rotatable bonds is 7. The van der Waals surface area contributed by atoms with Crippen LogP contribution in [-0.2, 0) is 11.3 Å². The van der Waals surface area contributed by atoms with E-state index in [1.165, 1.54) is 59.7 Å². The molecule has 0 spiro atoms. The Hall–Kier alpha value is -2.30. The molecule has 1 aliphatic heterocycles. The number of para-hydroxylation sites is 1. The van der Waals surface area contributed by atoms with Crippen LogP contribution in [0.25, 0.3) is 10.9 Å². The number of amides is 1. The van der Waals surface area contributed by atoms with Crippen LogP contribution in [0.15, 0.2) is 54.7 Å². The molecule has 2 aromatic carbocycles. The molecule has 4 nitrogen and oxygen atoms in total. The van der Waals surface area contributed by atoms with Gasteiger partial charge in [0.1, 0.15) is 0 Å². The standard InChI is InChI=1S/C31H41N3O.ClH/c1-23-8-7-11-26(18-23)28(19-31(35)33-16-14-24(20-32)15-17-33)29-22-34(21-25-9-3-2-4-10-25)30-13-6-5-12-27(29)30;/h5-8,11-13,18,22,24-25,28H,2-4,9-10,14-17,19-21,32H2,1H3;1H. The molecule has 1 saturated carbocycles. The Balaban J connectivity index is 0.00000304. The zero-order chi connectivity index (χ0) is 24.2. The zero-order valence-electron chi connectivity index (χ0n) is 21.7. The molecule has 36 heavy (non-hydrogen) atoms. The van der Waals surface area contributed by atoms with E-state index < -0.39 is 0 Å². The number of likely N-dealkylation sites (tertiary alicyclic amines) is 1. The largest absolute Gasteiger partial charge is 0.347 e. The molecule has 1 amide bonds. The second-order valence-electron chi connectivity index (χ2n) is 11.0. The van der Waals surface area contributed by atoms with Crippen molar-refractivity contribution in [2.75, 3.05) is 19.6 Å². The van der Waals surface area contributed by atoms with Crippen molar-refractivity contribution in [1.82, 2.24) is 9.47 Å². The number of piperidine rings is 1. The molecule has 1 aliphatic carbocycles. The maximum Gasteiger partial charge on any atom is 0.223 e. The van der Waals surface area contributed by atoms with Crippen LogP contribution in [0, 0.1) is 18.8 Å². The van der Waals surface area contributed by atoms with Gasteiger partial charge in [-0.3, -0.25) is 4.79 Å². The summed E-state index contributed by atoms with van der Waals surface area (Å²) in [6.07, 6.45) is 11.7. The molecular formula is C31H42ClN3O. The van der Waals surface area contributed by atoms with Crippen LogP contribution in [-0.4, -0.2) is 35.0 Å². The molecule has 1 atom stereocenters. The van der Waals surface area contributed by atoms with E-state index in [0.29, 0.717) is 12.3 Å². The maximum absolute atomic E-state index is 13.6. The van der Waals surface area contributed by atoms with Crippen LogP contribution in [0.3, 0.4) is 0 Å². The number of carbonyl (C=O) groups excluding carboxylic acids is 1. The summed E-state index contributed by atoms with van der Waals surface area (Å²) in [6, 6.07) is 17.6. The van der Waals surface area contributed by atoms with Crippen molar-refractivity contribution >= 4 is 29.2 Å². The summed E-state index contributed by atoms with van der Waals surface area (Å²) in [4.78, 5) is 15.7. The molecule has 0 radical (unpaired) electrons. The number of hydrogen-bond donors (Lipinski definition) is 1. The van der Waals surface area contributed by atoms with Gasteiger partial charge in [-0.1, -0.05) is 67.3 Å². The maximum atomic E-state index is 13.6. The minimum Gasteiger partial charge on any atom is -0.347 e. The summed E-state index contributed by atoms with van der Waals surface area (Å²) in [5.41, 5.74) is 11.0. The van der Waals surface area contributed by atoms with Gasteiger partial charge in [0.25, 0.3) is 0 Å². The average Bonchev–Trinajstić information content (AvgIpc) is 3.25. The van der Waals surface area contributed by atoms with Gasteiger partial charge in [-0.25, -0.2) is 0 Å². The average molecular weight is 508 g/mol. The molecule has 5 rings (SSSR count). The van der Waals surface area contributed by atoms with Gasteiger partial charge < -0.3 is 15.2 Å². The number of hydrogen-bond acceptors (Lipinski definition) is 2. The van der Waals surface area contributed by atoms with E-state index in [1.54, 1.807) is 0 Å². The molecule has 2 fully saturated rings. The van der Waals surface area contributed by atoms with Crippen LogP contribution in [0.2, 0.25) is 0 Å². The van der Waals surface area contributed by atoms with Crippen LogP contribution in [0.5, 0.6) is 0 Å². The lowest BCUT2D eigenvalue weighted by molar-refractivity contribution is -0.132. The van der Waals surface area contributed by atoms with E-state index in [1.807, 2.05) is 0 Å². The molecule has 1 unspecified atom stereocenters. The lowest BCUT2D eigenvalue weighted by atomic mass is 9.86. The van der Waals surface area contributed by atoms with Gasteiger partial charge in [0.15, 0.2) is 0 Å². The number of fused-ring (bicyclic) bond motifs is 1. The number of benzene rings is 2. The highest BCUT2D eigenvalue weighted by molar-refractivity contribution is 5.87. The number of halogens is 1. The first-order valence-electron chi connectivity index (χ1n) is 13.7. The van der Waals surface area contributed by atoms with Crippen LogP contribution in [0.4, 0.5) is 0 Å². The lowest BCUT2D eigenvalue weighted by Gasteiger charge is -2.32. The van der Waals surface area contributed by atoms with E-state index >= 15 is 0 Å². The van der Waals surface area contributed by atoms with Crippen molar-refractivity contribution in [3.63, 3.8) is 0 Å². The third-order valence-electron chi connectivity index (χ3n) is 8.50. The van der Waals surface area contributed by atoms with E-state index in [-0.39, 0.29) is 24.2 Å². The predicted octanol–water partition coefficient (Wildman–Crippen LogP) is 6.67. The van der Waals surface area contributed by atoms with E-state index in [2.05, 4.69) is 71.1 Å². The number of nitrogens with two attached hydrogens (primary N) is 1. The topological polar surface area (TPSA) is 51.3 Å². The Morgan fingerprint density at radius 3 is 2.44 bits per heavy atom. The van der Waals surface area contributed by atoms with E-state index in [9.17, 15) is 4.79 Å². The summed E-state index contributed by atoms with van der Waals surface area (Å²) in [5.74, 6) is 1.66. The number of aromatic nitrogens is 1. The molecule has 2 N–H and O–H groups in total. The molecule has 2 heterocycles. The second-order valence-corrected chi connectivity index (χ2v) is 11.0. The first kappa shape index (κ1) is 26.8. The minimum absolute atomic E-state index is 0. The van der Waals surface area contributed by atoms with Crippen LogP contribution in [0.1, 0.15) is 74.0 Å². The zero-order valence-corrected chi connectivity index (χ0v) is 22.5.